The van der Waals surface area contributed by atoms with E-state index in [9.17, 15) is 4.79 Å². The van der Waals surface area contributed by atoms with Gasteiger partial charge in [-0.15, -0.1) is 0 Å². The highest BCUT2D eigenvalue weighted by molar-refractivity contribution is 5.75. The number of hydrazine groups is 1. The van der Waals surface area contributed by atoms with Crippen LogP contribution in [-0.4, -0.2) is 30.4 Å². The predicted molar refractivity (Wildman–Crippen MR) is 61.0 cm³/mol. The maximum atomic E-state index is 10.9. The summed E-state index contributed by atoms with van der Waals surface area (Å²) >= 11 is 0. The Kier molecular flexibility index (Phi) is 4.54. The molecule has 3 N–H and O–H groups in total. The summed E-state index contributed by atoms with van der Waals surface area (Å²) in [6.07, 6.45) is 4.02. The lowest BCUT2D eigenvalue weighted by Gasteiger charge is -2.38. The molecule has 0 aliphatic carbocycles. The molecule has 1 saturated heterocycles. The number of nitrogens with one attached hydrogen (secondary N) is 1. The molecule has 0 atom stereocenters. The summed E-state index contributed by atoms with van der Waals surface area (Å²) in [6, 6.07) is 0. The highest BCUT2D eigenvalue weighted by Crippen LogP contribution is 2.28. The van der Waals surface area contributed by atoms with Gasteiger partial charge in [0, 0.05) is 13.0 Å². The van der Waals surface area contributed by atoms with Gasteiger partial charge >= 0.3 is 0 Å². The molecule has 1 fully saturated rings. The van der Waals surface area contributed by atoms with Crippen LogP contribution < -0.4 is 11.3 Å². The van der Waals surface area contributed by atoms with Crippen LogP contribution in [0.15, 0.2) is 0 Å². The Hall–Kier alpha value is -0.610. The van der Waals surface area contributed by atoms with Crippen molar-refractivity contribution in [1.82, 2.24) is 10.3 Å². The van der Waals surface area contributed by atoms with Crippen LogP contribution in [0.25, 0.3) is 0 Å². The number of amides is 1. The second-order valence-electron chi connectivity index (χ2n) is 5.21. The first-order valence-corrected chi connectivity index (χ1v) is 5.75. The normalized spacial score (nSPS) is 21.3. The first kappa shape index (κ1) is 12.5. The molecular formula is C11H23N3O. The van der Waals surface area contributed by atoms with Crippen LogP contribution in [0.4, 0.5) is 0 Å². The van der Waals surface area contributed by atoms with Crippen molar-refractivity contribution >= 4 is 5.91 Å². The Morgan fingerprint density at radius 2 is 2.27 bits per heavy atom. The van der Waals surface area contributed by atoms with Crippen LogP contribution in [0.5, 0.6) is 0 Å². The standard InChI is InChI=1S/C11H23N3O/c1-11(2)6-4-8-14(9-11)7-3-5-10(15)13-12/h3-9,12H2,1-2H3,(H,13,15). The summed E-state index contributed by atoms with van der Waals surface area (Å²) < 4.78 is 0. The average Bonchev–Trinajstić information content (AvgIpc) is 2.16. The van der Waals surface area contributed by atoms with E-state index in [0.717, 1.165) is 19.5 Å². The summed E-state index contributed by atoms with van der Waals surface area (Å²) in [5.74, 6) is 4.96. The predicted octanol–water partition coefficient (Wildman–Crippen LogP) is 0.879. The van der Waals surface area contributed by atoms with Crippen molar-refractivity contribution in [3.8, 4) is 0 Å². The van der Waals surface area contributed by atoms with Gasteiger partial charge in [0.2, 0.25) is 5.91 Å². The minimum absolute atomic E-state index is 0.0636. The Morgan fingerprint density at radius 3 is 2.87 bits per heavy atom. The molecule has 0 unspecified atom stereocenters. The number of carbonyl (C=O) groups excluding carboxylic acids is 1. The smallest absolute Gasteiger partial charge is 0.233 e. The zero-order valence-corrected chi connectivity index (χ0v) is 9.88. The molecule has 4 heteroatoms. The van der Waals surface area contributed by atoms with Crippen LogP contribution in [0.2, 0.25) is 0 Å². The highest BCUT2D eigenvalue weighted by Gasteiger charge is 2.25. The van der Waals surface area contributed by atoms with Gasteiger partial charge < -0.3 is 4.90 Å². The third-order valence-corrected chi connectivity index (χ3v) is 3.02. The number of carbonyl (C=O) groups is 1. The number of hydrogen-bond acceptors (Lipinski definition) is 3. The maximum absolute atomic E-state index is 10.9. The van der Waals surface area contributed by atoms with E-state index in [1.165, 1.54) is 19.4 Å². The first-order valence-electron chi connectivity index (χ1n) is 5.75. The monoisotopic (exact) mass is 213 g/mol. The summed E-state index contributed by atoms with van der Waals surface area (Å²) in [7, 11) is 0. The van der Waals surface area contributed by atoms with Gasteiger partial charge in [-0.1, -0.05) is 13.8 Å². The van der Waals surface area contributed by atoms with Crippen molar-refractivity contribution in [3.05, 3.63) is 0 Å². The fourth-order valence-electron chi connectivity index (χ4n) is 2.27. The molecule has 15 heavy (non-hydrogen) atoms. The summed E-state index contributed by atoms with van der Waals surface area (Å²) in [6.45, 7) is 7.96. The number of nitrogens with two attached hydrogens (primary N) is 1. The fraction of sp³-hybridized carbons (Fsp3) is 0.909. The van der Waals surface area contributed by atoms with Crippen molar-refractivity contribution in [2.24, 2.45) is 11.3 Å². The molecular weight excluding hydrogens is 190 g/mol. The number of piperidine rings is 1. The van der Waals surface area contributed by atoms with Gasteiger partial charge in [0.05, 0.1) is 0 Å². The van der Waals surface area contributed by atoms with Gasteiger partial charge in [-0.2, -0.15) is 0 Å². The lowest BCUT2D eigenvalue weighted by molar-refractivity contribution is -0.121. The zero-order valence-electron chi connectivity index (χ0n) is 9.88. The van der Waals surface area contributed by atoms with E-state index in [-0.39, 0.29) is 5.91 Å². The molecule has 0 bridgehead atoms. The average molecular weight is 213 g/mol. The Balaban J connectivity index is 2.18. The van der Waals surface area contributed by atoms with Crippen LogP contribution in [0.3, 0.4) is 0 Å². The van der Waals surface area contributed by atoms with E-state index in [2.05, 4.69) is 24.2 Å². The lowest BCUT2D eigenvalue weighted by atomic mass is 9.84. The van der Waals surface area contributed by atoms with Gasteiger partial charge in [-0.3, -0.25) is 10.2 Å². The lowest BCUT2D eigenvalue weighted by Crippen LogP contribution is -2.40. The number of rotatable bonds is 4. The largest absolute Gasteiger partial charge is 0.303 e. The molecule has 0 saturated carbocycles. The minimum Gasteiger partial charge on any atom is -0.303 e. The van der Waals surface area contributed by atoms with Gasteiger partial charge in [-0.25, -0.2) is 5.84 Å². The molecule has 1 amide bonds. The molecule has 0 spiro atoms. The molecule has 4 nitrogen and oxygen atoms in total. The molecule has 1 aliphatic heterocycles. The second-order valence-corrected chi connectivity index (χ2v) is 5.21. The second kappa shape index (κ2) is 5.47. The third-order valence-electron chi connectivity index (χ3n) is 3.02. The van der Waals surface area contributed by atoms with E-state index in [1.807, 2.05) is 0 Å². The minimum atomic E-state index is -0.0636. The Labute approximate surface area is 92.2 Å². The van der Waals surface area contributed by atoms with Crippen LogP contribution in [0.1, 0.15) is 39.5 Å². The summed E-state index contributed by atoms with van der Waals surface area (Å²) in [5.41, 5.74) is 2.60. The van der Waals surface area contributed by atoms with Crippen molar-refractivity contribution in [2.75, 3.05) is 19.6 Å². The molecule has 88 valence electrons. The van der Waals surface area contributed by atoms with Gasteiger partial charge in [0.1, 0.15) is 0 Å². The van der Waals surface area contributed by atoms with E-state index in [1.54, 1.807) is 0 Å². The van der Waals surface area contributed by atoms with Gasteiger partial charge in [-0.05, 0) is 37.8 Å². The topological polar surface area (TPSA) is 58.4 Å². The Bertz CT molecular complexity index is 216. The van der Waals surface area contributed by atoms with E-state index in [0.29, 0.717) is 11.8 Å². The number of hydrogen-bond donors (Lipinski definition) is 2. The molecule has 0 aromatic heterocycles. The third kappa shape index (κ3) is 4.62. The quantitative estimate of drug-likeness (QED) is 0.414. The van der Waals surface area contributed by atoms with Gasteiger partial charge in [0.15, 0.2) is 0 Å². The molecule has 1 aliphatic rings. The maximum Gasteiger partial charge on any atom is 0.233 e. The molecule has 1 heterocycles. The van der Waals surface area contributed by atoms with E-state index in [4.69, 9.17) is 5.84 Å². The van der Waals surface area contributed by atoms with Crippen molar-refractivity contribution < 1.29 is 4.79 Å². The van der Waals surface area contributed by atoms with Crippen LogP contribution in [0, 0.1) is 5.41 Å². The number of likely N-dealkylation sites (tertiary alicyclic amines) is 1. The molecule has 1 rings (SSSR count). The van der Waals surface area contributed by atoms with Crippen LogP contribution in [-0.2, 0) is 4.79 Å². The molecule has 0 aromatic carbocycles. The first-order chi connectivity index (χ1) is 7.03. The molecule has 0 radical (unpaired) electrons. The fourth-order valence-corrected chi connectivity index (χ4v) is 2.27. The summed E-state index contributed by atoms with van der Waals surface area (Å²) in [5, 5.41) is 0. The van der Waals surface area contributed by atoms with E-state index >= 15 is 0 Å². The van der Waals surface area contributed by atoms with E-state index < -0.39 is 0 Å². The zero-order chi connectivity index (χ0) is 11.3. The highest BCUT2D eigenvalue weighted by atomic mass is 16.2. The van der Waals surface area contributed by atoms with Crippen molar-refractivity contribution in [3.63, 3.8) is 0 Å². The SMILES string of the molecule is CC1(C)CCCN(CCCC(=O)NN)C1. The summed E-state index contributed by atoms with van der Waals surface area (Å²) in [4.78, 5) is 13.4. The van der Waals surface area contributed by atoms with Crippen molar-refractivity contribution in [1.29, 1.82) is 0 Å². The van der Waals surface area contributed by atoms with Gasteiger partial charge in [0.25, 0.3) is 0 Å². The van der Waals surface area contributed by atoms with Crippen LogP contribution >= 0.6 is 0 Å². The molecule has 0 aromatic rings. The Morgan fingerprint density at radius 1 is 1.53 bits per heavy atom. The number of nitrogens with zero attached hydrogens (tertiary/aromatic N) is 1. The van der Waals surface area contributed by atoms with Crippen molar-refractivity contribution in [2.45, 2.75) is 39.5 Å².